The summed E-state index contributed by atoms with van der Waals surface area (Å²) < 4.78 is 13.0. The molecule has 1 amide bonds. The van der Waals surface area contributed by atoms with Gasteiger partial charge in [0.15, 0.2) is 0 Å². The Morgan fingerprint density at radius 1 is 1.53 bits per heavy atom. The Morgan fingerprint density at radius 3 is 2.73 bits per heavy atom. The summed E-state index contributed by atoms with van der Waals surface area (Å²) in [7, 11) is 0. The highest BCUT2D eigenvalue weighted by atomic mass is 19.1. The van der Waals surface area contributed by atoms with E-state index in [2.05, 4.69) is 5.32 Å². The third kappa shape index (κ3) is 3.67. The number of halogens is 1. The molecule has 15 heavy (non-hydrogen) atoms. The number of carbonyl (C=O) groups excluding carboxylic acids is 1. The molecule has 0 bridgehead atoms. The van der Waals surface area contributed by atoms with Gasteiger partial charge in [-0.1, -0.05) is 0 Å². The minimum absolute atomic E-state index is 0.108. The van der Waals surface area contributed by atoms with Gasteiger partial charge in [-0.15, -0.1) is 0 Å². The van der Waals surface area contributed by atoms with Gasteiger partial charge in [0.1, 0.15) is 5.82 Å². The number of nitrogens with two attached hydrogens (primary N) is 1. The van der Waals surface area contributed by atoms with Crippen molar-refractivity contribution in [2.45, 2.75) is 19.9 Å². The Bertz CT molecular complexity index is 343. The van der Waals surface area contributed by atoms with Crippen LogP contribution in [-0.2, 0) is 0 Å². The number of rotatable bonds is 3. The highest BCUT2D eigenvalue weighted by Gasteiger charge is 2.07. The average molecular weight is 210 g/mol. The van der Waals surface area contributed by atoms with Crippen molar-refractivity contribution in [1.82, 2.24) is 5.32 Å². The quantitative estimate of drug-likeness (QED) is 0.788. The maximum atomic E-state index is 13.0. The summed E-state index contributed by atoms with van der Waals surface area (Å²) in [5.74, 6) is -0.698. The molecule has 1 aromatic rings. The van der Waals surface area contributed by atoms with Crippen molar-refractivity contribution in [3.63, 3.8) is 0 Å². The maximum absolute atomic E-state index is 13.0. The second-order valence-electron chi connectivity index (χ2n) is 3.70. The largest absolute Gasteiger partial charge is 0.350 e. The molecule has 0 fully saturated rings. The van der Waals surface area contributed by atoms with Gasteiger partial charge in [0.2, 0.25) is 0 Å². The average Bonchev–Trinajstić information content (AvgIpc) is 2.12. The first kappa shape index (κ1) is 11.7. The summed E-state index contributed by atoms with van der Waals surface area (Å²) in [5, 5.41) is 2.62. The molecule has 1 aromatic carbocycles. The van der Waals surface area contributed by atoms with Crippen LogP contribution in [0.3, 0.4) is 0 Å². The first-order valence-electron chi connectivity index (χ1n) is 4.80. The van der Waals surface area contributed by atoms with E-state index in [9.17, 15) is 9.18 Å². The number of carbonyl (C=O) groups is 1. The SMILES string of the molecule is Cc1cc(F)cc(C(=O)NCC(C)N)c1. The zero-order valence-corrected chi connectivity index (χ0v) is 8.88. The van der Waals surface area contributed by atoms with E-state index in [0.717, 1.165) is 5.56 Å². The molecule has 0 spiro atoms. The lowest BCUT2D eigenvalue weighted by molar-refractivity contribution is 0.0951. The summed E-state index contributed by atoms with van der Waals surface area (Å²) in [4.78, 5) is 11.5. The number of hydrogen-bond donors (Lipinski definition) is 2. The second kappa shape index (κ2) is 4.89. The molecule has 3 N–H and O–H groups in total. The van der Waals surface area contributed by atoms with Crippen LogP contribution in [0.2, 0.25) is 0 Å². The van der Waals surface area contributed by atoms with Crippen molar-refractivity contribution in [2.75, 3.05) is 6.54 Å². The Kier molecular flexibility index (Phi) is 3.80. The van der Waals surface area contributed by atoms with Gasteiger partial charge >= 0.3 is 0 Å². The van der Waals surface area contributed by atoms with Crippen LogP contribution in [0.4, 0.5) is 4.39 Å². The second-order valence-corrected chi connectivity index (χ2v) is 3.70. The molecule has 1 unspecified atom stereocenters. The Balaban J connectivity index is 2.73. The van der Waals surface area contributed by atoms with Crippen LogP contribution < -0.4 is 11.1 Å². The van der Waals surface area contributed by atoms with Gasteiger partial charge in [-0.2, -0.15) is 0 Å². The molecule has 1 rings (SSSR count). The molecule has 0 aliphatic carbocycles. The third-order valence-corrected chi connectivity index (χ3v) is 1.89. The van der Waals surface area contributed by atoms with Crippen LogP contribution in [0.5, 0.6) is 0 Å². The van der Waals surface area contributed by atoms with Crippen LogP contribution in [-0.4, -0.2) is 18.5 Å². The lowest BCUT2D eigenvalue weighted by Crippen LogP contribution is -2.35. The lowest BCUT2D eigenvalue weighted by Gasteiger charge is -2.08. The number of nitrogens with one attached hydrogen (secondary N) is 1. The molecule has 0 heterocycles. The molecule has 1 atom stereocenters. The van der Waals surface area contributed by atoms with Gasteiger partial charge in [-0.05, 0) is 37.6 Å². The van der Waals surface area contributed by atoms with Gasteiger partial charge in [0.05, 0.1) is 0 Å². The molecule has 0 saturated heterocycles. The molecular weight excluding hydrogens is 195 g/mol. The molecule has 0 aliphatic rings. The van der Waals surface area contributed by atoms with Crippen molar-refractivity contribution < 1.29 is 9.18 Å². The minimum atomic E-state index is -0.402. The zero-order valence-electron chi connectivity index (χ0n) is 8.88. The third-order valence-electron chi connectivity index (χ3n) is 1.89. The standard InChI is InChI=1S/C11H15FN2O/c1-7-3-9(5-10(12)4-7)11(15)14-6-8(2)13/h3-5,8H,6,13H2,1-2H3,(H,14,15). The van der Waals surface area contributed by atoms with Gasteiger partial charge in [0, 0.05) is 18.2 Å². The molecule has 4 heteroatoms. The fraction of sp³-hybridized carbons (Fsp3) is 0.364. The fourth-order valence-corrected chi connectivity index (χ4v) is 1.22. The fourth-order valence-electron chi connectivity index (χ4n) is 1.22. The number of amides is 1. The maximum Gasteiger partial charge on any atom is 0.251 e. The molecule has 0 saturated carbocycles. The number of benzene rings is 1. The van der Waals surface area contributed by atoms with Gasteiger partial charge in [0.25, 0.3) is 5.91 Å². The van der Waals surface area contributed by atoms with E-state index in [1.807, 2.05) is 0 Å². The van der Waals surface area contributed by atoms with Crippen molar-refractivity contribution in [3.05, 3.63) is 35.1 Å². The summed E-state index contributed by atoms with van der Waals surface area (Å²) >= 11 is 0. The van der Waals surface area contributed by atoms with Crippen LogP contribution in [0.1, 0.15) is 22.8 Å². The molecule has 0 aliphatic heterocycles. The van der Waals surface area contributed by atoms with Crippen molar-refractivity contribution in [2.24, 2.45) is 5.73 Å². The first-order valence-corrected chi connectivity index (χ1v) is 4.80. The van der Waals surface area contributed by atoms with E-state index in [4.69, 9.17) is 5.73 Å². The molecule has 0 aromatic heterocycles. The zero-order chi connectivity index (χ0) is 11.4. The van der Waals surface area contributed by atoms with Crippen molar-refractivity contribution in [1.29, 1.82) is 0 Å². The van der Waals surface area contributed by atoms with Crippen molar-refractivity contribution >= 4 is 5.91 Å². The predicted octanol–water partition coefficient (Wildman–Crippen LogP) is 1.21. The van der Waals surface area contributed by atoms with Gasteiger partial charge < -0.3 is 11.1 Å². The normalized spacial score (nSPS) is 12.3. The number of hydrogen-bond acceptors (Lipinski definition) is 2. The summed E-state index contributed by atoms with van der Waals surface area (Å²) in [6, 6.07) is 4.12. The van der Waals surface area contributed by atoms with E-state index >= 15 is 0 Å². The molecular formula is C11H15FN2O. The lowest BCUT2D eigenvalue weighted by atomic mass is 10.1. The highest BCUT2D eigenvalue weighted by molar-refractivity contribution is 5.94. The number of aryl methyl sites for hydroxylation is 1. The molecule has 82 valence electrons. The summed E-state index contributed by atoms with van der Waals surface area (Å²) in [6.45, 7) is 3.91. The van der Waals surface area contributed by atoms with E-state index in [1.54, 1.807) is 19.9 Å². The van der Waals surface area contributed by atoms with Crippen LogP contribution >= 0.6 is 0 Å². The first-order chi connectivity index (χ1) is 6.99. The van der Waals surface area contributed by atoms with Gasteiger partial charge in [-0.3, -0.25) is 4.79 Å². The Morgan fingerprint density at radius 2 is 2.20 bits per heavy atom. The van der Waals surface area contributed by atoms with Crippen LogP contribution in [0.25, 0.3) is 0 Å². The molecule has 0 radical (unpaired) electrons. The monoisotopic (exact) mass is 210 g/mol. The van der Waals surface area contributed by atoms with E-state index in [0.29, 0.717) is 12.1 Å². The van der Waals surface area contributed by atoms with Crippen LogP contribution in [0, 0.1) is 12.7 Å². The van der Waals surface area contributed by atoms with E-state index in [-0.39, 0.29) is 11.9 Å². The van der Waals surface area contributed by atoms with Crippen LogP contribution in [0.15, 0.2) is 18.2 Å². The van der Waals surface area contributed by atoms with E-state index < -0.39 is 5.82 Å². The van der Waals surface area contributed by atoms with E-state index in [1.165, 1.54) is 12.1 Å². The van der Waals surface area contributed by atoms with Gasteiger partial charge in [-0.25, -0.2) is 4.39 Å². The van der Waals surface area contributed by atoms with Crippen molar-refractivity contribution in [3.8, 4) is 0 Å². The highest BCUT2D eigenvalue weighted by Crippen LogP contribution is 2.07. The Hall–Kier alpha value is -1.42. The Labute approximate surface area is 88.5 Å². The predicted molar refractivity (Wildman–Crippen MR) is 57.1 cm³/mol. The minimum Gasteiger partial charge on any atom is -0.350 e. The topological polar surface area (TPSA) is 55.1 Å². The summed E-state index contributed by atoms with van der Waals surface area (Å²) in [5.41, 5.74) is 6.54. The molecule has 3 nitrogen and oxygen atoms in total. The smallest absolute Gasteiger partial charge is 0.251 e. The summed E-state index contributed by atoms with van der Waals surface area (Å²) in [6.07, 6.45) is 0.